The van der Waals surface area contributed by atoms with Gasteiger partial charge >= 0.3 is 0 Å². The lowest BCUT2D eigenvalue weighted by molar-refractivity contribution is -0.123. The first-order chi connectivity index (χ1) is 11.1. The highest BCUT2D eigenvalue weighted by atomic mass is 16.5. The average Bonchev–Trinajstić information content (AvgIpc) is 3.07. The van der Waals surface area contributed by atoms with E-state index >= 15 is 0 Å². The number of nitrogens with zero attached hydrogens (tertiary/aromatic N) is 2. The second kappa shape index (κ2) is 8.53. The Hall–Kier alpha value is -2.08. The molecule has 1 aliphatic heterocycles. The molecule has 0 atom stereocenters. The van der Waals surface area contributed by atoms with Crippen LogP contribution in [0.25, 0.3) is 0 Å². The first kappa shape index (κ1) is 17.3. The summed E-state index contributed by atoms with van der Waals surface area (Å²) in [5.41, 5.74) is 1.90. The van der Waals surface area contributed by atoms with Crippen molar-refractivity contribution < 1.29 is 14.3 Å². The molecule has 0 bridgehead atoms. The van der Waals surface area contributed by atoms with E-state index in [1.54, 1.807) is 7.11 Å². The molecular weight excluding hydrogens is 294 g/mol. The maximum atomic E-state index is 11.9. The van der Waals surface area contributed by atoms with Gasteiger partial charge in [-0.1, -0.05) is 0 Å². The Kier molecular flexibility index (Phi) is 6.40. The van der Waals surface area contributed by atoms with Crippen LogP contribution in [0.4, 0.5) is 11.4 Å². The summed E-state index contributed by atoms with van der Waals surface area (Å²) >= 11 is 0. The normalized spacial score (nSPS) is 13.9. The third-order valence-corrected chi connectivity index (χ3v) is 3.94. The third-order valence-electron chi connectivity index (χ3n) is 3.94. The lowest BCUT2D eigenvalue weighted by Gasteiger charge is -2.23. The molecule has 1 saturated heterocycles. The summed E-state index contributed by atoms with van der Waals surface area (Å²) in [6.45, 7) is 4.54. The molecule has 1 fully saturated rings. The van der Waals surface area contributed by atoms with Gasteiger partial charge in [-0.15, -0.1) is 0 Å². The van der Waals surface area contributed by atoms with Crippen molar-refractivity contribution in [1.29, 1.82) is 0 Å². The number of nitrogens with one attached hydrogen (secondary N) is 1. The van der Waals surface area contributed by atoms with Crippen LogP contribution in [0.1, 0.15) is 19.8 Å². The van der Waals surface area contributed by atoms with Crippen molar-refractivity contribution in [2.24, 2.45) is 0 Å². The van der Waals surface area contributed by atoms with E-state index in [4.69, 9.17) is 4.74 Å². The highest BCUT2D eigenvalue weighted by molar-refractivity contribution is 5.97. The molecule has 0 radical (unpaired) electrons. The molecule has 1 aromatic carbocycles. The van der Waals surface area contributed by atoms with Gasteiger partial charge in [0.1, 0.15) is 6.54 Å². The zero-order valence-corrected chi connectivity index (χ0v) is 13.9. The van der Waals surface area contributed by atoms with Crippen molar-refractivity contribution in [2.75, 3.05) is 49.7 Å². The summed E-state index contributed by atoms with van der Waals surface area (Å²) in [4.78, 5) is 27.6. The largest absolute Gasteiger partial charge is 0.383 e. The van der Waals surface area contributed by atoms with Crippen molar-refractivity contribution in [3.63, 3.8) is 0 Å². The zero-order chi connectivity index (χ0) is 16.7. The number of rotatable bonds is 7. The van der Waals surface area contributed by atoms with E-state index in [1.165, 1.54) is 30.4 Å². The first-order valence-corrected chi connectivity index (χ1v) is 8.00. The molecule has 1 heterocycles. The summed E-state index contributed by atoms with van der Waals surface area (Å²) in [5.74, 6) is -0.346. The molecule has 6 nitrogen and oxygen atoms in total. The number of hydrogen-bond donors (Lipinski definition) is 1. The summed E-state index contributed by atoms with van der Waals surface area (Å²) in [5, 5.41) is 2.73. The van der Waals surface area contributed by atoms with E-state index < -0.39 is 0 Å². The summed E-state index contributed by atoms with van der Waals surface area (Å²) < 4.78 is 4.89. The lowest BCUT2D eigenvalue weighted by atomic mass is 10.2. The Labute approximate surface area is 137 Å². The smallest absolute Gasteiger partial charge is 0.240 e. The van der Waals surface area contributed by atoms with Crippen LogP contribution in [0.5, 0.6) is 0 Å². The van der Waals surface area contributed by atoms with Crippen LogP contribution < -0.4 is 15.1 Å². The molecule has 2 rings (SSSR count). The standard InChI is InChI=1S/C17H25N3O3/c1-14(21)20(13-17(22)18-9-12-23-2)16-7-5-15(6-8-16)19-10-3-4-11-19/h5-8H,3-4,9-13H2,1-2H3,(H,18,22). The maximum Gasteiger partial charge on any atom is 0.240 e. The SMILES string of the molecule is COCCNC(=O)CN(C(C)=O)c1ccc(N2CCCC2)cc1. The Morgan fingerprint density at radius 3 is 2.43 bits per heavy atom. The fourth-order valence-corrected chi connectivity index (χ4v) is 2.70. The van der Waals surface area contributed by atoms with Gasteiger partial charge in [0.15, 0.2) is 0 Å². The van der Waals surface area contributed by atoms with Crippen molar-refractivity contribution in [3.8, 4) is 0 Å². The predicted octanol–water partition coefficient (Wildman–Crippen LogP) is 1.40. The van der Waals surface area contributed by atoms with Gasteiger partial charge in [0.25, 0.3) is 0 Å². The number of benzene rings is 1. The van der Waals surface area contributed by atoms with Gasteiger partial charge in [-0.25, -0.2) is 0 Å². The summed E-state index contributed by atoms with van der Waals surface area (Å²) in [6.07, 6.45) is 2.45. The molecule has 0 spiro atoms. The predicted molar refractivity (Wildman–Crippen MR) is 90.8 cm³/mol. The zero-order valence-electron chi connectivity index (χ0n) is 13.9. The van der Waals surface area contributed by atoms with E-state index in [-0.39, 0.29) is 18.4 Å². The number of methoxy groups -OCH3 is 1. The number of amides is 2. The average molecular weight is 319 g/mol. The van der Waals surface area contributed by atoms with E-state index in [0.29, 0.717) is 13.2 Å². The second-order valence-electron chi connectivity index (χ2n) is 5.66. The van der Waals surface area contributed by atoms with E-state index in [9.17, 15) is 9.59 Å². The van der Waals surface area contributed by atoms with E-state index in [1.807, 2.05) is 24.3 Å². The maximum absolute atomic E-state index is 11.9. The van der Waals surface area contributed by atoms with Crippen LogP contribution >= 0.6 is 0 Å². The van der Waals surface area contributed by atoms with Crippen LogP contribution in [0.3, 0.4) is 0 Å². The highest BCUT2D eigenvalue weighted by Gasteiger charge is 2.17. The van der Waals surface area contributed by atoms with Crippen LogP contribution in [0.2, 0.25) is 0 Å². The molecule has 1 N–H and O–H groups in total. The van der Waals surface area contributed by atoms with Gasteiger partial charge in [0, 0.05) is 45.0 Å². The Morgan fingerprint density at radius 2 is 1.87 bits per heavy atom. The van der Waals surface area contributed by atoms with Crippen LogP contribution in [0.15, 0.2) is 24.3 Å². The van der Waals surface area contributed by atoms with Gasteiger partial charge in [0.05, 0.1) is 6.61 Å². The number of anilines is 2. The van der Waals surface area contributed by atoms with Crippen molar-refractivity contribution in [3.05, 3.63) is 24.3 Å². The molecule has 0 unspecified atom stereocenters. The molecule has 2 amide bonds. The Morgan fingerprint density at radius 1 is 1.22 bits per heavy atom. The minimum atomic E-state index is -0.194. The van der Waals surface area contributed by atoms with Crippen LogP contribution in [-0.4, -0.2) is 51.7 Å². The minimum absolute atomic E-state index is 0.0160. The highest BCUT2D eigenvalue weighted by Crippen LogP contribution is 2.23. The molecule has 1 aromatic rings. The quantitative estimate of drug-likeness (QED) is 0.772. The second-order valence-corrected chi connectivity index (χ2v) is 5.66. The molecule has 1 aliphatic rings. The molecule has 6 heteroatoms. The van der Waals surface area contributed by atoms with Gasteiger partial charge in [-0.05, 0) is 37.1 Å². The molecule has 0 aromatic heterocycles. The lowest BCUT2D eigenvalue weighted by Crippen LogP contribution is -2.40. The van der Waals surface area contributed by atoms with Gasteiger partial charge in [-0.3, -0.25) is 9.59 Å². The van der Waals surface area contributed by atoms with Gasteiger partial charge < -0.3 is 19.9 Å². The Bertz CT molecular complexity index is 524. The fraction of sp³-hybridized carbons (Fsp3) is 0.529. The van der Waals surface area contributed by atoms with E-state index in [2.05, 4.69) is 10.2 Å². The summed E-state index contributed by atoms with van der Waals surface area (Å²) in [6, 6.07) is 7.83. The van der Waals surface area contributed by atoms with Gasteiger partial charge in [0.2, 0.25) is 11.8 Å². The fourth-order valence-electron chi connectivity index (χ4n) is 2.70. The number of ether oxygens (including phenoxy) is 1. The molecule has 0 aliphatic carbocycles. The van der Waals surface area contributed by atoms with Crippen LogP contribution in [0, 0.1) is 0 Å². The van der Waals surface area contributed by atoms with Gasteiger partial charge in [-0.2, -0.15) is 0 Å². The number of hydrogen-bond acceptors (Lipinski definition) is 4. The van der Waals surface area contributed by atoms with Crippen molar-refractivity contribution in [2.45, 2.75) is 19.8 Å². The third kappa shape index (κ3) is 4.96. The van der Waals surface area contributed by atoms with Crippen molar-refractivity contribution >= 4 is 23.2 Å². The first-order valence-electron chi connectivity index (χ1n) is 8.00. The monoisotopic (exact) mass is 319 g/mol. The number of carbonyl (C=O) groups excluding carboxylic acids is 2. The molecule has 0 saturated carbocycles. The molecule has 23 heavy (non-hydrogen) atoms. The topological polar surface area (TPSA) is 61.9 Å². The number of carbonyl (C=O) groups is 2. The summed E-state index contributed by atoms with van der Waals surface area (Å²) in [7, 11) is 1.58. The molecular formula is C17H25N3O3. The van der Waals surface area contributed by atoms with Crippen molar-refractivity contribution in [1.82, 2.24) is 5.32 Å². The van der Waals surface area contributed by atoms with E-state index in [0.717, 1.165) is 18.8 Å². The molecule has 126 valence electrons. The minimum Gasteiger partial charge on any atom is -0.383 e. The Balaban J connectivity index is 1.99. The van der Waals surface area contributed by atoms with Crippen LogP contribution in [-0.2, 0) is 14.3 Å².